The summed E-state index contributed by atoms with van der Waals surface area (Å²) in [6.45, 7) is 9.48. The van der Waals surface area contributed by atoms with Gasteiger partial charge in [-0.15, -0.1) is 23.5 Å². The van der Waals surface area contributed by atoms with Crippen LogP contribution in [0.4, 0.5) is 9.59 Å². The topological polar surface area (TPSA) is 126 Å². The second-order valence-electron chi connectivity index (χ2n) is 15.4. The first-order chi connectivity index (χ1) is 29.4. The number of benzene rings is 3. The highest BCUT2D eigenvalue weighted by Gasteiger charge is 2.58. The zero-order valence-corrected chi connectivity index (χ0v) is 39.3. The lowest BCUT2D eigenvalue weighted by Gasteiger charge is -2.50. The van der Waals surface area contributed by atoms with Gasteiger partial charge in [0.1, 0.15) is 58.7 Å². The van der Waals surface area contributed by atoms with Gasteiger partial charge < -0.3 is 47.4 Å². The third-order valence-corrected chi connectivity index (χ3v) is 15.3. The molecule has 332 valence electrons. The highest BCUT2D eigenvalue weighted by molar-refractivity contribution is 8.12. The molecule has 17 heteroatoms. The van der Waals surface area contributed by atoms with Gasteiger partial charge in [-0.2, -0.15) is 0 Å². The molecule has 7 rings (SSSR count). The summed E-state index contributed by atoms with van der Waals surface area (Å²) in [6.07, 6.45) is -4.96. The van der Waals surface area contributed by atoms with Gasteiger partial charge in [-0.3, -0.25) is 0 Å². The number of hydrogen-bond donors (Lipinski definition) is 0. The van der Waals surface area contributed by atoms with Crippen LogP contribution in [-0.2, 0) is 47.4 Å². The summed E-state index contributed by atoms with van der Waals surface area (Å²) in [5.41, 5.74) is -0.367. The third kappa shape index (κ3) is 11.5. The summed E-state index contributed by atoms with van der Waals surface area (Å²) in [5, 5.41) is -2.20. The van der Waals surface area contributed by atoms with E-state index in [9.17, 15) is 9.59 Å². The molecule has 0 N–H and O–H groups in total. The summed E-state index contributed by atoms with van der Waals surface area (Å²) >= 11 is 6.45. The number of fused-ring (bicyclic) bond motifs is 1. The highest BCUT2D eigenvalue weighted by atomic mass is 32.2. The van der Waals surface area contributed by atoms with Crippen LogP contribution in [0.15, 0.2) is 106 Å². The quantitative estimate of drug-likeness (QED) is 0.151. The fourth-order valence-corrected chi connectivity index (χ4v) is 12.0. The molecule has 4 heterocycles. The van der Waals surface area contributed by atoms with E-state index in [1.54, 1.807) is 31.4 Å². The van der Waals surface area contributed by atoms with E-state index in [1.165, 1.54) is 23.5 Å². The summed E-state index contributed by atoms with van der Waals surface area (Å²) in [7, 11) is 1.57. The summed E-state index contributed by atoms with van der Waals surface area (Å²) in [5.74, 6) is -0.899. The molecule has 4 aliphatic rings. The van der Waals surface area contributed by atoms with E-state index in [0.717, 1.165) is 38.2 Å². The number of thioether (sulfide) groups is 5. The van der Waals surface area contributed by atoms with Gasteiger partial charge >= 0.3 is 10.6 Å². The molecule has 4 saturated heterocycles. The van der Waals surface area contributed by atoms with Gasteiger partial charge in [0, 0.05) is 21.8 Å². The van der Waals surface area contributed by atoms with Gasteiger partial charge in [0.15, 0.2) is 18.4 Å². The molecule has 15 atom stereocenters. The fourth-order valence-electron chi connectivity index (χ4n) is 7.97. The van der Waals surface area contributed by atoms with Crippen molar-refractivity contribution in [1.82, 2.24) is 0 Å². The lowest BCUT2D eigenvalue weighted by atomic mass is 9.98. The Morgan fingerprint density at radius 3 is 1.43 bits per heavy atom. The minimum Gasteiger partial charge on any atom is -0.450 e. The average molecular weight is 935 g/mol. The van der Waals surface area contributed by atoms with Crippen LogP contribution in [-0.4, -0.2) is 126 Å². The maximum Gasteiger partial charge on any atom is 0.367 e. The molecule has 0 radical (unpaired) electrons. The van der Waals surface area contributed by atoms with Crippen molar-refractivity contribution in [2.24, 2.45) is 0 Å². The first-order valence-corrected chi connectivity index (χ1v) is 25.3. The lowest BCUT2D eigenvalue weighted by Crippen LogP contribution is -2.64. The molecule has 0 spiro atoms. The molecular weight excluding hydrogens is 881 g/mol. The molecule has 0 bridgehead atoms. The summed E-state index contributed by atoms with van der Waals surface area (Å²) < 4.78 is 65.8. The molecule has 4 aliphatic heterocycles. The van der Waals surface area contributed by atoms with Crippen molar-refractivity contribution in [3.63, 3.8) is 0 Å². The van der Waals surface area contributed by atoms with Gasteiger partial charge in [-0.05, 0) is 107 Å². The molecule has 0 amide bonds. The number of carbonyl (C=O) groups is 2. The molecule has 0 saturated carbocycles. The molecule has 61 heavy (non-hydrogen) atoms. The normalized spacial score (nSPS) is 35.8. The molecule has 0 aromatic heterocycles. The van der Waals surface area contributed by atoms with Gasteiger partial charge in [0.25, 0.3) is 0 Å². The highest BCUT2D eigenvalue weighted by Crippen LogP contribution is 2.47. The Kier molecular flexibility index (Phi) is 16.4. The summed E-state index contributed by atoms with van der Waals surface area (Å²) in [4.78, 5) is 29.2. The third-order valence-electron chi connectivity index (χ3n) is 10.7. The Morgan fingerprint density at radius 2 is 0.951 bits per heavy atom. The van der Waals surface area contributed by atoms with E-state index in [2.05, 4.69) is 0 Å². The minimum atomic E-state index is -0.963. The van der Waals surface area contributed by atoms with Crippen LogP contribution in [0.25, 0.3) is 0 Å². The van der Waals surface area contributed by atoms with Crippen LogP contribution in [0.1, 0.15) is 34.6 Å². The zero-order chi connectivity index (χ0) is 43.3. The van der Waals surface area contributed by atoms with E-state index < -0.39 is 101 Å². The van der Waals surface area contributed by atoms with Crippen LogP contribution >= 0.6 is 58.8 Å². The monoisotopic (exact) mass is 934 g/mol. The van der Waals surface area contributed by atoms with E-state index in [1.807, 2.05) is 126 Å². The Balaban J connectivity index is 1.22. The van der Waals surface area contributed by atoms with Crippen molar-refractivity contribution in [1.29, 1.82) is 0 Å². The van der Waals surface area contributed by atoms with E-state index in [4.69, 9.17) is 47.4 Å². The second kappa shape index (κ2) is 21.3. The maximum atomic E-state index is 13.4. The Labute approximate surface area is 379 Å². The first kappa shape index (κ1) is 47.0. The fraction of sp³-hybridized carbons (Fsp3) is 0.545. The van der Waals surface area contributed by atoms with Crippen LogP contribution in [0.5, 0.6) is 0 Å². The minimum absolute atomic E-state index is 0.367. The van der Waals surface area contributed by atoms with Crippen molar-refractivity contribution >= 4 is 69.4 Å². The van der Waals surface area contributed by atoms with Crippen molar-refractivity contribution < 1.29 is 57.0 Å². The Morgan fingerprint density at radius 1 is 0.541 bits per heavy atom. The molecular formula is C44H54O12S5. The largest absolute Gasteiger partial charge is 0.450 e. The lowest BCUT2D eigenvalue weighted by molar-refractivity contribution is -0.321. The first-order valence-electron chi connectivity index (χ1n) is 20.2. The van der Waals surface area contributed by atoms with Crippen LogP contribution < -0.4 is 0 Å². The Bertz CT molecular complexity index is 1870. The van der Waals surface area contributed by atoms with E-state index in [0.29, 0.717) is 0 Å². The smallest absolute Gasteiger partial charge is 0.367 e. The predicted octanol–water partition coefficient (Wildman–Crippen LogP) is 9.38. The van der Waals surface area contributed by atoms with Crippen LogP contribution in [0.3, 0.4) is 0 Å². The number of carbonyl (C=O) groups excluding carboxylic acids is 2. The van der Waals surface area contributed by atoms with Crippen molar-refractivity contribution in [3.05, 3.63) is 91.0 Å². The second-order valence-corrected chi connectivity index (χ2v) is 20.5. The van der Waals surface area contributed by atoms with Crippen LogP contribution in [0, 0.1) is 0 Å². The number of ether oxygens (including phenoxy) is 10. The maximum absolute atomic E-state index is 13.4. The molecule has 12 nitrogen and oxygen atoms in total. The van der Waals surface area contributed by atoms with Crippen molar-refractivity contribution in [3.8, 4) is 0 Å². The molecule has 3 aromatic carbocycles. The number of rotatable bonds is 13. The Hall–Kier alpha value is -1.97. The van der Waals surface area contributed by atoms with Crippen molar-refractivity contribution in [2.75, 3.05) is 19.6 Å². The number of hydrogen-bond acceptors (Lipinski definition) is 17. The van der Waals surface area contributed by atoms with E-state index in [-0.39, 0.29) is 5.44 Å². The van der Waals surface area contributed by atoms with Gasteiger partial charge in [-0.25, -0.2) is 9.59 Å². The molecule has 3 aromatic rings. The van der Waals surface area contributed by atoms with Gasteiger partial charge in [0.05, 0.1) is 18.3 Å². The molecule has 0 aliphatic carbocycles. The standard InChI is InChI=1S/C44H54O12S5/c1-24-30(47-6)34(53-42(45)57-7)37(59-27-18-12-9-13-19-27)39(48-24)52-32-25(2)49-40(38(35(32)54-43(46)58-8)60-28-20-14-10-15-21-28)51-31-26(3)50-41(61-29-22-16-11-17-23-29)36-33(31)55-44(4,5)56-36/h9-26,30-41H,1-8H3/t24-,25-,26-,30-,31-,32-,33+,34+,35+,36+,37-,38-,39+,40+,41-/m0/s1. The zero-order valence-electron chi connectivity index (χ0n) is 35.3. The molecule has 4 fully saturated rings. The summed E-state index contributed by atoms with van der Waals surface area (Å²) in [6, 6.07) is 29.6. The number of methoxy groups -OCH3 is 1. The van der Waals surface area contributed by atoms with Gasteiger partial charge in [-0.1, -0.05) is 66.4 Å². The molecule has 0 unspecified atom stereocenters. The predicted molar refractivity (Wildman–Crippen MR) is 239 cm³/mol. The van der Waals surface area contributed by atoms with E-state index >= 15 is 0 Å². The van der Waals surface area contributed by atoms with Gasteiger partial charge in [0.2, 0.25) is 0 Å². The average Bonchev–Trinajstić information content (AvgIpc) is 3.59. The SMILES string of the molecule is CO[C@@H]1[C@@H](OC(=O)SC)[C@H](Sc2ccccc2)[C@@H](O[C@@H]2[C@@H](OC(=O)SC)[C@H](Sc3ccccc3)[C@@H](O[C@@H]3[C@H]4OC(C)(C)O[C@H]4[C@H](Sc4ccccc4)O[C@H]3C)O[C@H]2C)O[C@H]1C. The van der Waals surface area contributed by atoms with Crippen LogP contribution in [0.2, 0.25) is 0 Å². The van der Waals surface area contributed by atoms with Crippen molar-refractivity contribution in [2.45, 2.75) is 145 Å².